The van der Waals surface area contributed by atoms with E-state index in [2.05, 4.69) is 0 Å². The summed E-state index contributed by atoms with van der Waals surface area (Å²) in [6, 6.07) is 0. The van der Waals surface area contributed by atoms with Gasteiger partial charge in [0.15, 0.2) is 0 Å². The highest BCUT2D eigenvalue weighted by Crippen LogP contribution is 2.20. The second kappa shape index (κ2) is 2.61. The lowest BCUT2D eigenvalue weighted by atomic mass is 10.3. The Hall–Kier alpha value is 0.350. The van der Waals surface area contributed by atoms with E-state index >= 15 is 0 Å². The number of hydrogen-bond donors (Lipinski definition) is 2. The zero-order chi connectivity index (χ0) is 5.91. The molecule has 0 aromatic heterocycles. The first-order chi connectivity index (χ1) is 3.12. The van der Waals surface area contributed by atoms with E-state index in [1.807, 2.05) is 13.8 Å². The maximum absolute atomic E-state index is 5.60. The summed E-state index contributed by atoms with van der Waals surface area (Å²) in [5.41, 5.74) is 10.9. The first kappa shape index (κ1) is 7.35. The highest BCUT2D eigenvalue weighted by Gasteiger charge is 2.10. The molecule has 0 aliphatic carbocycles. The molecule has 44 valence electrons. The molecular weight excluding hydrogens is 107 g/mol. The molecule has 0 heterocycles. The van der Waals surface area contributed by atoms with Crippen molar-refractivity contribution in [1.82, 2.24) is 0 Å². The first-order valence-corrected chi connectivity index (χ1v) is 3.47. The molecule has 0 saturated carbocycles. The van der Waals surface area contributed by atoms with Crippen LogP contribution in [0.15, 0.2) is 0 Å². The maximum atomic E-state index is 5.60. The Kier molecular flexibility index (Phi) is 2.74. The summed E-state index contributed by atoms with van der Waals surface area (Å²) in [6.07, 6.45) is 0.960. The third-order valence-corrected chi connectivity index (χ3v) is 2.08. The minimum atomic E-state index is -0.111. The standard InChI is InChI=1S/C4H13N2P/c1-3-4(2,5)7-6/h7H,3,5-6H2,1-2H3. The molecule has 0 spiro atoms. The van der Waals surface area contributed by atoms with Gasteiger partial charge in [-0.1, -0.05) is 6.92 Å². The summed E-state index contributed by atoms with van der Waals surface area (Å²) in [5.74, 6) is 0. The summed E-state index contributed by atoms with van der Waals surface area (Å²) in [5, 5.41) is -0.111. The fraction of sp³-hybridized carbons (Fsp3) is 1.00. The van der Waals surface area contributed by atoms with Crippen molar-refractivity contribution in [2.24, 2.45) is 11.2 Å². The molecule has 7 heavy (non-hydrogen) atoms. The van der Waals surface area contributed by atoms with E-state index < -0.39 is 0 Å². The molecule has 0 radical (unpaired) electrons. The minimum Gasteiger partial charge on any atom is -0.321 e. The van der Waals surface area contributed by atoms with Crippen LogP contribution in [-0.4, -0.2) is 5.28 Å². The van der Waals surface area contributed by atoms with Crippen molar-refractivity contribution in [3.05, 3.63) is 0 Å². The van der Waals surface area contributed by atoms with E-state index in [-0.39, 0.29) is 5.28 Å². The fourth-order valence-electron chi connectivity index (χ4n) is 0.102. The Morgan fingerprint density at radius 2 is 2.14 bits per heavy atom. The van der Waals surface area contributed by atoms with Gasteiger partial charge in [-0.2, -0.15) is 0 Å². The van der Waals surface area contributed by atoms with Crippen LogP contribution in [0.2, 0.25) is 0 Å². The van der Waals surface area contributed by atoms with Crippen molar-refractivity contribution in [3.8, 4) is 0 Å². The molecule has 2 nitrogen and oxygen atoms in total. The molecule has 0 saturated heterocycles. The summed E-state index contributed by atoms with van der Waals surface area (Å²) < 4.78 is 0. The highest BCUT2D eigenvalue weighted by atomic mass is 31.1. The second-order valence-corrected chi connectivity index (χ2v) is 3.35. The fourth-order valence-corrected chi connectivity index (χ4v) is 0.306. The van der Waals surface area contributed by atoms with E-state index in [0.717, 1.165) is 6.42 Å². The third-order valence-electron chi connectivity index (χ3n) is 1.06. The Balaban J connectivity index is 3.36. The normalized spacial score (nSPS) is 20.6. The lowest BCUT2D eigenvalue weighted by molar-refractivity contribution is 0.644. The molecule has 2 unspecified atom stereocenters. The molecule has 4 N–H and O–H groups in total. The molecule has 3 heteroatoms. The summed E-state index contributed by atoms with van der Waals surface area (Å²) >= 11 is 0. The summed E-state index contributed by atoms with van der Waals surface area (Å²) in [6.45, 7) is 4.01. The second-order valence-electron chi connectivity index (χ2n) is 1.92. The van der Waals surface area contributed by atoms with Gasteiger partial charge in [-0.25, -0.2) is 0 Å². The van der Waals surface area contributed by atoms with Gasteiger partial charge in [0.25, 0.3) is 0 Å². The Morgan fingerprint density at radius 1 is 1.71 bits per heavy atom. The van der Waals surface area contributed by atoms with E-state index in [0.29, 0.717) is 8.73 Å². The Morgan fingerprint density at radius 3 is 2.14 bits per heavy atom. The molecule has 0 aliphatic heterocycles. The van der Waals surface area contributed by atoms with Gasteiger partial charge in [-0.15, -0.1) is 0 Å². The molecule has 0 aliphatic rings. The lowest BCUT2D eigenvalue weighted by Crippen LogP contribution is -2.30. The van der Waals surface area contributed by atoms with Gasteiger partial charge in [0.2, 0.25) is 0 Å². The Bertz CT molecular complexity index is 47.7. The molecular formula is C4H13N2P. The third kappa shape index (κ3) is 2.98. The largest absolute Gasteiger partial charge is 0.321 e. The van der Waals surface area contributed by atoms with Crippen molar-refractivity contribution in [1.29, 1.82) is 0 Å². The van der Waals surface area contributed by atoms with E-state index in [1.165, 1.54) is 0 Å². The van der Waals surface area contributed by atoms with Crippen LogP contribution in [-0.2, 0) is 0 Å². The van der Waals surface area contributed by atoms with Crippen LogP contribution in [0.1, 0.15) is 20.3 Å². The van der Waals surface area contributed by atoms with Gasteiger partial charge in [-0.3, -0.25) is 0 Å². The molecule has 0 fully saturated rings. The highest BCUT2D eigenvalue weighted by molar-refractivity contribution is 7.37. The van der Waals surface area contributed by atoms with Gasteiger partial charge < -0.3 is 11.2 Å². The summed E-state index contributed by atoms with van der Waals surface area (Å²) in [7, 11) is 0.362. The molecule has 0 aromatic carbocycles. The molecule has 0 bridgehead atoms. The zero-order valence-corrected chi connectivity index (χ0v) is 5.86. The van der Waals surface area contributed by atoms with Gasteiger partial charge in [-0.05, 0) is 22.1 Å². The monoisotopic (exact) mass is 120 g/mol. The van der Waals surface area contributed by atoms with Crippen LogP contribution in [0, 0.1) is 0 Å². The number of hydrogen-bond acceptors (Lipinski definition) is 2. The van der Waals surface area contributed by atoms with Crippen LogP contribution < -0.4 is 11.2 Å². The molecule has 0 amide bonds. The maximum Gasteiger partial charge on any atom is 0.0429 e. The van der Waals surface area contributed by atoms with Gasteiger partial charge in [0, 0.05) is 5.28 Å². The average molecular weight is 120 g/mol. The van der Waals surface area contributed by atoms with Crippen molar-refractivity contribution in [2.45, 2.75) is 25.5 Å². The predicted molar refractivity (Wildman–Crippen MR) is 35.4 cm³/mol. The van der Waals surface area contributed by atoms with Gasteiger partial charge in [0.05, 0.1) is 0 Å². The van der Waals surface area contributed by atoms with Crippen molar-refractivity contribution >= 4 is 8.73 Å². The number of nitrogens with two attached hydrogens (primary N) is 2. The van der Waals surface area contributed by atoms with Crippen LogP contribution in [0.3, 0.4) is 0 Å². The van der Waals surface area contributed by atoms with E-state index in [9.17, 15) is 0 Å². The van der Waals surface area contributed by atoms with Crippen LogP contribution in [0.4, 0.5) is 0 Å². The minimum absolute atomic E-state index is 0.111. The van der Waals surface area contributed by atoms with Gasteiger partial charge in [0.1, 0.15) is 0 Å². The van der Waals surface area contributed by atoms with Crippen LogP contribution >= 0.6 is 8.73 Å². The van der Waals surface area contributed by atoms with Crippen molar-refractivity contribution in [3.63, 3.8) is 0 Å². The van der Waals surface area contributed by atoms with Crippen molar-refractivity contribution in [2.75, 3.05) is 0 Å². The lowest BCUT2D eigenvalue weighted by Gasteiger charge is -2.18. The van der Waals surface area contributed by atoms with Crippen LogP contribution in [0.5, 0.6) is 0 Å². The summed E-state index contributed by atoms with van der Waals surface area (Å²) in [4.78, 5) is 0. The van der Waals surface area contributed by atoms with Crippen molar-refractivity contribution < 1.29 is 0 Å². The SMILES string of the molecule is CCC(C)(N)PN. The van der Waals surface area contributed by atoms with E-state index in [4.69, 9.17) is 11.2 Å². The smallest absolute Gasteiger partial charge is 0.0429 e. The quantitative estimate of drug-likeness (QED) is 0.525. The van der Waals surface area contributed by atoms with Crippen LogP contribution in [0.25, 0.3) is 0 Å². The predicted octanol–water partition coefficient (Wildman–Crippen LogP) is 0.624. The zero-order valence-electron chi connectivity index (χ0n) is 4.86. The van der Waals surface area contributed by atoms with Gasteiger partial charge >= 0.3 is 0 Å². The first-order valence-electron chi connectivity index (χ1n) is 2.39. The molecule has 2 atom stereocenters. The molecule has 0 aromatic rings. The molecule has 0 rings (SSSR count). The van der Waals surface area contributed by atoms with E-state index in [1.54, 1.807) is 0 Å². The topological polar surface area (TPSA) is 52.0 Å². The average Bonchev–Trinajstić information content (AvgIpc) is 1.68. The number of rotatable bonds is 2. The Labute approximate surface area is 46.5 Å².